The molecule has 0 N–H and O–H groups in total. The van der Waals surface area contributed by atoms with Crippen LogP contribution in [0.3, 0.4) is 0 Å². The first-order chi connectivity index (χ1) is 6.68. The Kier molecular flexibility index (Phi) is 1.78. The van der Waals surface area contributed by atoms with Crippen LogP contribution in [0.25, 0.3) is 5.57 Å². The molecule has 0 amide bonds. The number of hydrogen-bond acceptors (Lipinski definition) is 1. The topological polar surface area (TPSA) is 0 Å². The highest BCUT2D eigenvalue weighted by molar-refractivity contribution is 8.16. The van der Waals surface area contributed by atoms with E-state index in [1.54, 1.807) is 10.9 Å². The molecular weight excluding hydrogens is 207 g/mol. The average molecular weight is 220 g/mol. The van der Waals surface area contributed by atoms with Crippen LogP contribution in [0.4, 0.5) is 0 Å². The van der Waals surface area contributed by atoms with Gasteiger partial charge in [-0.3, -0.25) is 0 Å². The zero-order valence-corrected chi connectivity index (χ0v) is 10.00. The summed E-state index contributed by atoms with van der Waals surface area (Å²) in [5.41, 5.74) is 4.61. The number of allylic oxidation sites excluding steroid dienone is 2. The first-order valence-electron chi connectivity index (χ1n) is 5.06. The summed E-state index contributed by atoms with van der Waals surface area (Å²) < 4.78 is 0. The summed E-state index contributed by atoms with van der Waals surface area (Å²) in [7, 11) is 0. The molecule has 0 saturated carbocycles. The molecule has 0 fully saturated rings. The van der Waals surface area contributed by atoms with Gasteiger partial charge in [0.2, 0.25) is 0 Å². The van der Waals surface area contributed by atoms with Gasteiger partial charge in [0, 0.05) is 0 Å². The van der Waals surface area contributed by atoms with Gasteiger partial charge < -0.3 is 0 Å². The lowest BCUT2D eigenvalue weighted by Crippen LogP contribution is -1.89. The van der Waals surface area contributed by atoms with Crippen LogP contribution >= 0.6 is 6.04 Å². The maximum atomic E-state index is 5.75. The lowest BCUT2D eigenvalue weighted by atomic mass is 10.0. The van der Waals surface area contributed by atoms with Gasteiger partial charge in [0.1, 0.15) is 0 Å². The molecule has 0 aromatic heterocycles. The second-order valence-electron chi connectivity index (χ2n) is 4.33. The first kappa shape index (κ1) is 8.88. The van der Waals surface area contributed by atoms with E-state index >= 15 is 0 Å². The Morgan fingerprint density at radius 3 is 2.93 bits per heavy atom. The first-order valence-corrected chi connectivity index (χ1v) is 8.49. The largest absolute Gasteiger partial charge is 0.0931 e. The van der Waals surface area contributed by atoms with Crippen molar-refractivity contribution in [1.29, 1.82) is 0 Å². The van der Waals surface area contributed by atoms with Crippen LogP contribution in [0.15, 0.2) is 29.6 Å². The van der Waals surface area contributed by atoms with Crippen molar-refractivity contribution >= 4 is 23.4 Å². The summed E-state index contributed by atoms with van der Waals surface area (Å²) >= 11 is 5.75. The smallest absolute Gasteiger partial charge is 0.000491 e. The molecule has 0 nitrogen and oxygen atoms in total. The Hall–Kier alpha value is -0.390. The standard InChI is InChI=1S/C12H13PS/c1-13(14)7-6-11-10-5-3-2-4-9(10)8-12(11)13/h2-5H,6-8H2,1H3. The predicted octanol–water partition coefficient (Wildman–Crippen LogP) is 3.47. The van der Waals surface area contributed by atoms with Crippen LogP contribution in [0.2, 0.25) is 0 Å². The van der Waals surface area contributed by atoms with Crippen molar-refractivity contribution in [2.45, 2.75) is 12.8 Å². The van der Waals surface area contributed by atoms with Crippen LogP contribution in [-0.2, 0) is 18.2 Å². The van der Waals surface area contributed by atoms with Crippen molar-refractivity contribution in [1.82, 2.24) is 0 Å². The van der Waals surface area contributed by atoms with Gasteiger partial charge in [-0.25, -0.2) is 0 Å². The van der Waals surface area contributed by atoms with Gasteiger partial charge in [-0.2, -0.15) is 0 Å². The van der Waals surface area contributed by atoms with E-state index in [4.69, 9.17) is 11.8 Å². The SMILES string of the molecule is CP1(=S)CCC2=C1Cc1ccccc12. The van der Waals surface area contributed by atoms with Crippen molar-refractivity contribution in [2.24, 2.45) is 0 Å². The van der Waals surface area contributed by atoms with E-state index in [-0.39, 0.29) is 0 Å². The number of hydrogen-bond donors (Lipinski definition) is 0. The molecule has 1 aliphatic carbocycles. The van der Waals surface area contributed by atoms with Gasteiger partial charge >= 0.3 is 0 Å². The summed E-state index contributed by atoms with van der Waals surface area (Å²) in [4.78, 5) is 0. The lowest BCUT2D eigenvalue weighted by molar-refractivity contribution is 1.25. The third-order valence-electron chi connectivity index (χ3n) is 3.41. The minimum atomic E-state index is -1.12. The molecule has 1 aromatic carbocycles. The number of rotatable bonds is 0. The Labute approximate surface area is 90.0 Å². The van der Waals surface area contributed by atoms with Gasteiger partial charge in [0.15, 0.2) is 0 Å². The van der Waals surface area contributed by atoms with Crippen LogP contribution in [-0.4, -0.2) is 12.8 Å². The highest BCUT2D eigenvalue weighted by Gasteiger charge is 2.33. The minimum absolute atomic E-state index is 1.12. The molecule has 2 heteroatoms. The molecule has 0 saturated heterocycles. The van der Waals surface area contributed by atoms with E-state index in [0.29, 0.717) is 0 Å². The van der Waals surface area contributed by atoms with Gasteiger partial charge in [0.25, 0.3) is 0 Å². The highest BCUT2D eigenvalue weighted by atomic mass is 32.4. The fraction of sp³-hybridized carbons (Fsp3) is 0.333. The molecule has 72 valence electrons. The van der Waals surface area contributed by atoms with Gasteiger partial charge in [-0.15, -0.1) is 0 Å². The molecule has 1 aromatic rings. The zero-order chi connectivity index (χ0) is 9.76. The van der Waals surface area contributed by atoms with E-state index in [2.05, 4.69) is 30.9 Å². The average Bonchev–Trinajstić information content (AvgIpc) is 2.65. The van der Waals surface area contributed by atoms with Crippen molar-refractivity contribution in [3.05, 3.63) is 40.7 Å². The van der Waals surface area contributed by atoms with Gasteiger partial charge in [-0.1, -0.05) is 36.1 Å². The van der Waals surface area contributed by atoms with E-state index < -0.39 is 6.04 Å². The number of benzene rings is 1. The molecule has 1 unspecified atom stereocenters. The van der Waals surface area contributed by atoms with E-state index in [1.165, 1.54) is 23.7 Å². The van der Waals surface area contributed by atoms with Crippen LogP contribution in [0.5, 0.6) is 0 Å². The normalized spacial score (nSPS) is 29.2. The second-order valence-corrected chi connectivity index (χ2v) is 9.94. The third kappa shape index (κ3) is 1.09. The Morgan fingerprint density at radius 1 is 1.29 bits per heavy atom. The predicted molar refractivity (Wildman–Crippen MR) is 66.8 cm³/mol. The van der Waals surface area contributed by atoms with E-state index in [9.17, 15) is 0 Å². The Bertz CT molecular complexity index is 485. The van der Waals surface area contributed by atoms with Crippen molar-refractivity contribution in [3.63, 3.8) is 0 Å². The Morgan fingerprint density at radius 2 is 2.07 bits per heavy atom. The zero-order valence-electron chi connectivity index (χ0n) is 8.29. The van der Waals surface area contributed by atoms with Gasteiger partial charge in [-0.05, 0) is 53.7 Å². The summed E-state index contributed by atoms with van der Waals surface area (Å²) in [5.74, 6) is 0. The fourth-order valence-corrected chi connectivity index (χ4v) is 5.63. The molecule has 14 heavy (non-hydrogen) atoms. The molecule has 2 aliphatic rings. The van der Waals surface area contributed by atoms with Crippen molar-refractivity contribution in [2.75, 3.05) is 12.8 Å². The van der Waals surface area contributed by atoms with Crippen LogP contribution < -0.4 is 0 Å². The maximum absolute atomic E-state index is 5.75. The summed E-state index contributed by atoms with van der Waals surface area (Å²) in [6, 6.07) is 7.68. The van der Waals surface area contributed by atoms with Crippen LogP contribution in [0.1, 0.15) is 17.5 Å². The van der Waals surface area contributed by atoms with Gasteiger partial charge in [0.05, 0.1) is 0 Å². The van der Waals surface area contributed by atoms with Crippen molar-refractivity contribution in [3.8, 4) is 0 Å². The molecular formula is C12H13PS. The van der Waals surface area contributed by atoms with E-state index in [1.807, 2.05) is 0 Å². The Balaban J connectivity index is 2.20. The minimum Gasteiger partial charge on any atom is -0.0931 e. The fourth-order valence-electron chi connectivity index (χ4n) is 2.60. The van der Waals surface area contributed by atoms with Crippen LogP contribution in [0, 0.1) is 0 Å². The molecule has 0 radical (unpaired) electrons. The quantitative estimate of drug-likeness (QED) is 0.603. The second kappa shape index (κ2) is 2.81. The maximum Gasteiger partial charge on any atom is -0.000491 e. The molecule has 0 bridgehead atoms. The van der Waals surface area contributed by atoms with E-state index in [0.717, 1.165) is 6.42 Å². The third-order valence-corrected chi connectivity index (χ3v) is 7.26. The molecule has 1 aliphatic heterocycles. The number of fused-ring (bicyclic) bond motifs is 2. The molecule has 1 heterocycles. The van der Waals surface area contributed by atoms with Crippen molar-refractivity contribution < 1.29 is 0 Å². The molecule has 1 atom stereocenters. The monoisotopic (exact) mass is 220 g/mol. The summed E-state index contributed by atoms with van der Waals surface area (Å²) in [6.45, 7) is 2.32. The molecule has 3 rings (SSSR count). The lowest BCUT2D eigenvalue weighted by Gasteiger charge is -2.12. The summed E-state index contributed by atoms with van der Waals surface area (Å²) in [6.07, 6.45) is 3.65. The molecule has 0 spiro atoms. The highest BCUT2D eigenvalue weighted by Crippen LogP contribution is 2.63. The summed E-state index contributed by atoms with van der Waals surface area (Å²) in [5, 5.41) is 1.63.